The van der Waals surface area contributed by atoms with Crippen molar-refractivity contribution in [3.8, 4) is 11.5 Å². The summed E-state index contributed by atoms with van der Waals surface area (Å²) in [5.41, 5.74) is 0. The molecule has 0 amide bonds. The molecule has 1 heterocycles. The highest BCUT2D eigenvalue weighted by Gasteiger charge is 2.52. The second kappa shape index (κ2) is 9.01. The molecule has 2 aromatic rings. The maximum absolute atomic E-state index is 12.9. The van der Waals surface area contributed by atoms with Gasteiger partial charge in [-0.25, -0.2) is 8.42 Å². The van der Waals surface area contributed by atoms with E-state index in [1.807, 2.05) is 32.0 Å². The average Bonchev–Trinajstić information content (AvgIpc) is 2.71. The fraction of sp³-hybridized carbons (Fsp3) is 0.350. The van der Waals surface area contributed by atoms with Crippen LogP contribution in [0.5, 0.6) is 11.5 Å². The van der Waals surface area contributed by atoms with Crippen molar-refractivity contribution in [2.45, 2.75) is 36.3 Å². The van der Waals surface area contributed by atoms with Crippen molar-refractivity contribution in [2.24, 2.45) is 0 Å². The lowest BCUT2D eigenvalue weighted by molar-refractivity contribution is -0.142. The minimum absolute atomic E-state index is 0.0304. The first-order valence-corrected chi connectivity index (χ1v) is 10.3. The van der Waals surface area contributed by atoms with Gasteiger partial charge in [-0.2, -0.15) is 0 Å². The molecule has 27 heavy (non-hydrogen) atoms. The zero-order chi connectivity index (χ0) is 19.9. The van der Waals surface area contributed by atoms with E-state index in [4.69, 9.17) is 9.47 Å². The molecule has 6 nitrogen and oxygen atoms in total. The number of rotatable bonds is 5. The summed E-state index contributed by atoms with van der Waals surface area (Å²) in [6.45, 7) is 4.22. The lowest BCUT2D eigenvalue weighted by Crippen LogP contribution is -2.50. The third-order valence-electron chi connectivity index (χ3n) is 4.32. The molecule has 1 saturated heterocycles. The number of carboxylic acid groups (broad SMARTS) is 1. The Morgan fingerprint density at radius 3 is 2.00 bits per heavy atom. The van der Waals surface area contributed by atoms with Gasteiger partial charge in [-0.15, -0.1) is 0 Å². The third-order valence-corrected chi connectivity index (χ3v) is 6.82. The monoisotopic (exact) mass is 392 g/mol. The Balaban J connectivity index is 0.00000126. The Morgan fingerprint density at radius 1 is 0.963 bits per heavy atom. The predicted molar refractivity (Wildman–Crippen MR) is 102 cm³/mol. The van der Waals surface area contributed by atoms with Crippen LogP contribution in [0.4, 0.5) is 0 Å². The van der Waals surface area contributed by atoms with Crippen molar-refractivity contribution in [2.75, 3.05) is 13.2 Å². The molecule has 0 aromatic heterocycles. The van der Waals surface area contributed by atoms with Crippen molar-refractivity contribution in [3.63, 3.8) is 0 Å². The van der Waals surface area contributed by atoms with E-state index in [1.165, 1.54) is 24.3 Å². The van der Waals surface area contributed by atoms with Gasteiger partial charge < -0.3 is 14.6 Å². The van der Waals surface area contributed by atoms with E-state index in [0.717, 1.165) is 0 Å². The van der Waals surface area contributed by atoms with E-state index in [2.05, 4.69) is 0 Å². The first kappa shape index (κ1) is 20.9. The Kier molecular flexibility index (Phi) is 6.98. The smallest absolute Gasteiger partial charge is 0.325 e. The van der Waals surface area contributed by atoms with Crippen molar-refractivity contribution in [3.05, 3.63) is 54.6 Å². The van der Waals surface area contributed by atoms with Gasteiger partial charge in [0.1, 0.15) is 11.5 Å². The Hall–Kier alpha value is -2.38. The molecule has 0 radical (unpaired) electrons. The molecule has 1 aliphatic heterocycles. The van der Waals surface area contributed by atoms with E-state index in [-0.39, 0.29) is 31.0 Å². The molecule has 0 atom stereocenters. The first-order valence-electron chi connectivity index (χ1n) is 8.84. The number of carboxylic acids is 1. The molecule has 2 aromatic carbocycles. The highest BCUT2D eigenvalue weighted by atomic mass is 32.2. The van der Waals surface area contributed by atoms with Gasteiger partial charge in [0.15, 0.2) is 14.6 Å². The van der Waals surface area contributed by atoms with Crippen LogP contribution in [-0.2, 0) is 19.4 Å². The van der Waals surface area contributed by atoms with Crippen LogP contribution >= 0.6 is 0 Å². The van der Waals surface area contributed by atoms with Crippen molar-refractivity contribution in [1.29, 1.82) is 0 Å². The zero-order valence-corrected chi connectivity index (χ0v) is 16.2. The van der Waals surface area contributed by atoms with E-state index < -0.39 is 20.6 Å². The first-order chi connectivity index (χ1) is 13.0. The highest BCUT2D eigenvalue weighted by molar-refractivity contribution is 7.93. The molecule has 146 valence electrons. The SMILES string of the molecule is CC.O=C(O)C1(S(=O)(=O)c2ccc(Oc3ccccc3)cc2)CCOCC1. The lowest BCUT2D eigenvalue weighted by atomic mass is 9.99. The number of para-hydroxylation sites is 1. The van der Waals surface area contributed by atoms with Crippen molar-refractivity contribution < 1.29 is 27.8 Å². The third kappa shape index (κ3) is 4.31. The number of benzene rings is 2. The van der Waals surface area contributed by atoms with E-state index in [9.17, 15) is 18.3 Å². The van der Waals surface area contributed by atoms with Crippen LogP contribution in [0.1, 0.15) is 26.7 Å². The van der Waals surface area contributed by atoms with E-state index in [0.29, 0.717) is 11.5 Å². The number of ether oxygens (including phenoxy) is 2. The molecule has 0 unspecified atom stereocenters. The molecule has 0 bridgehead atoms. The topological polar surface area (TPSA) is 89.9 Å². The van der Waals surface area contributed by atoms with Gasteiger partial charge in [-0.1, -0.05) is 32.0 Å². The summed E-state index contributed by atoms with van der Waals surface area (Å²) in [6, 6.07) is 14.9. The van der Waals surface area contributed by atoms with Gasteiger partial charge in [-0.3, -0.25) is 4.79 Å². The molecule has 3 rings (SSSR count). The minimum Gasteiger partial charge on any atom is -0.480 e. The number of carbonyl (C=O) groups is 1. The standard InChI is InChI=1S/C18H18O6S.C2H6/c19-17(20)18(10-12-23-13-11-18)25(21,22)16-8-6-15(7-9-16)24-14-4-2-1-3-5-14;1-2/h1-9H,10-13H2,(H,19,20);1-2H3. The summed E-state index contributed by atoms with van der Waals surface area (Å²) >= 11 is 0. The summed E-state index contributed by atoms with van der Waals surface area (Å²) in [5, 5.41) is 9.58. The van der Waals surface area contributed by atoms with E-state index in [1.54, 1.807) is 12.1 Å². The molecular formula is C20H24O6S. The molecular weight excluding hydrogens is 368 g/mol. The fourth-order valence-electron chi connectivity index (χ4n) is 2.84. The van der Waals surface area contributed by atoms with Crippen LogP contribution in [0, 0.1) is 0 Å². The van der Waals surface area contributed by atoms with Gasteiger partial charge in [0.05, 0.1) is 4.90 Å². The van der Waals surface area contributed by atoms with Crippen LogP contribution in [-0.4, -0.2) is 37.5 Å². The lowest BCUT2D eigenvalue weighted by Gasteiger charge is -2.32. The fourth-order valence-corrected chi connectivity index (χ4v) is 4.72. The maximum Gasteiger partial charge on any atom is 0.325 e. The number of hydrogen-bond acceptors (Lipinski definition) is 5. The number of hydrogen-bond donors (Lipinski definition) is 1. The van der Waals surface area contributed by atoms with Crippen LogP contribution in [0.25, 0.3) is 0 Å². The average molecular weight is 392 g/mol. The normalized spacial score (nSPS) is 15.9. The van der Waals surface area contributed by atoms with Crippen LogP contribution < -0.4 is 4.74 Å². The zero-order valence-electron chi connectivity index (χ0n) is 15.4. The number of aliphatic carboxylic acids is 1. The van der Waals surface area contributed by atoms with Gasteiger partial charge in [-0.05, 0) is 36.4 Å². The molecule has 1 N–H and O–H groups in total. The summed E-state index contributed by atoms with van der Waals surface area (Å²) < 4.78 is 34.8. The van der Waals surface area contributed by atoms with Crippen molar-refractivity contribution >= 4 is 15.8 Å². The molecule has 1 aliphatic rings. The molecule has 0 spiro atoms. The molecule has 1 fully saturated rings. The van der Waals surface area contributed by atoms with Crippen LogP contribution in [0.15, 0.2) is 59.5 Å². The maximum atomic E-state index is 12.9. The highest BCUT2D eigenvalue weighted by Crippen LogP contribution is 2.36. The molecule has 0 aliphatic carbocycles. The van der Waals surface area contributed by atoms with Crippen LogP contribution in [0.2, 0.25) is 0 Å². The summed E-state index contributed by atoms with van der Waals surface area (Å²) in [5.74, 6) is -0.230. The summed E-state index contributed by atoms with van der Waals surface area (Å²) in [6.07, 6.45) is -0.125. The van der Waals surface area contributed by atoms with E-state index >= 15 is 0 Å². The predicted octanol–water partition coefficient (Wildman–Crippen LogP) is 3.91. The minimum atomic E-state index is -4.05. The second-order valence-corrected chi connectivity index (χ2v) is 8.06. The summed E-state index contributed by atoms with van der Waals surface area (Å²) in [4.78, 5) is 11.7. The van der Waals surface area contributed by atoms with Crippen LogP contribution in [0.3, 0.4) is 0 Å². The van der Waals surface area contributed by atoms with Gasteiger partial charge in [0.2, 0.25) is 0 Å². The summed E-state index contributed by atoms with van der Waals surface area (Å²) in [7, 11) is -4.05. The number of sulfone groups is 1. The Morgan fingerprint density at radius 2 is 1.48 bits per heavy atom. The van der Waals surface area contributed by atoms with Gasteiger partial charge in [0.25, 0.3) is 0 Å². The quantitative estimate of drug-likeness (QED) is 0.830. The van der Waals surface area contributed by atoms with Gasteiger partial charge in [0, 0.05) is 26.1 Å². The molecule has 7 heteroatoms. The molecule has 0 saturated carbocycles. The van der Waals surface area contributed by atoms with Crippen molar-refractivity contribution in [1.82, 2.24) is 0 Å². The second-order valence-electron chi connectivity index (χ2n) is 5.80. The Bertz CT molecular complexity index is 838. The largest absolute Gasteiger partial charge is 0.480 e. The Labute approximate surface area is 159 Å². The van der Waals surface area contributed by atoms with Gasteiger partial charge >= 0.3 is 5.97 Å².